The molecule has 1 saturated heterocycles. The lowest BCUT2D eigenvalue weighted by molar-refractivity contribution is 0.0684. The van der Waals surface area contributed by atoms with Crippen LogP contribution in [0.1, 0.15) is 47.5 Å². The van der Waals surface area contributed by atoms with E-state index in [1.165, 1.54) is 19.4 Å². The first kappa shape index (κ1) is 12.4. The summed E-state index contributed by atoms with van der Waals surface area (Å²) in [6, 6.07) is 2.33. The second-order valence-electron chi connectivity index (χ2n) is 6.50. The van der Waals surface area contributed by atoms with Crippen molar-refractivity contribution in [1.29, 1.82) is 0 Å². The van der Waals surface area contributed by atoms with Crippen LogP contribution in [-0.2, 0) is 0 Å². The van der Waals surface area contributed by atoms with E-state index in [-0.39, 0.29) is 0 Å². The zero-order valence-electron chi connectivity index (χ0n) is 11.6. The molecule has 0 spiro atoms. The van der Waals surface area contributed by atoms with Crippen molar-refractivity contribution in [2.24, 2.45) is 11.3 Å². The van der Waals surface area contributed by atoms with Crippen LogP contribution >= 0.6 is 0 Å². The minimum Gasteiger partial charge on any atom is -0.314 e. The fraction of sp³-hybridized carbons (Fsp3) is 1.00. The largest absolute Gasteiger partial charge is 0.314 e. The molecule has 16 heavy (non-hydrogen) atoms. The van der Waals surface area contributed by atoms with Crippen LogP contribution < -0.4 is 5.32 Å². The van der Waals surface area contributed by atoms with Crippen LogP contribution in [0.25, 0.3) is 0 Å². The van der Waals surface area contributed by atoms with Crippen molar-refractivity contribution in [3.63, 3.8) is 0 Å². The van der Waals surface area contributed by atoms with Gasteiger partial charge in [-0.25, -0.2) is 0 Å². The van der Waals surface area contributed by atoms with E-state index < -0.39 is 0 Å². The Morgan fingerprint density at radius 3 is 2.44 bits per heavy atom. The minimum atomic E-state index is 0.582. The van der Waals surface area contributed by atoms with Gasteiger partial charge in [-0.3, -0.25) is 4.90 Å². The second kappa shape index (κ2) is 4.30. The third kappa shape index (κ3) is 2.14. The topological polar surface area (TPSA) is 15.3 Å². The molecule has 94 valence electrons. The summed E-state index contributed by atoms with van der Waals surface area (Å²) in [5.74, 6) is 0.782. The third-order valence-corrected chi connectivity index (χ3v) is 4.95. The summed E-state index contributed by atoms with van der Waals surface area (Å²) in [6.45, 7) is 14.3. The summed E-state index contributed by atoms with van der Waals surface area (Å²) in [7, 11) is 0. The van der Waals surface area contributed by atoms with E-state index in [2.05, 4.69) is 44.8 Å². The number of nitrogens with one attached hydrogen (secondary N) is 1. The second-order valence-corrected chi connectivity index (χ2v) is 6.50. The minimum absolute atomic E-state index is 0.582. The van der Waals surface area contributed by atoms with E-state index in [1.54, 1.807) is 0 Å². The average molecular weight is 224 g/mol. The molecule has 4 unspecified atom stereocenters. The van der Waals surface area contributed by atoms with Crippen molar-refractivity contribution in [3.8, 4) is 0 Å². The number of hydrogen-bond donors (Lipinski definition) is 1. The van der Waals surface area contributed by atoms with Crippen molar-refractivity contribution >= 4 is 0 Å². The molecule has 1 aliphatic heterocycles. The molecule has 0 aromatic rings. The maximum atomic E-state index is 3.64. The van der Waals surface area contributed by atoms with Crippen LogP contribution in [0.2, 0.25) is 0 Å². The van der Waals surface area contributed by atoms with Crippen LogP contribution in [-0.4, -0.2) is 36.1 Å². The molecule has 1 saturated carbocycles. The number of hydrogen-bond acceptors (Lipinski definition) is 2. The number of rotatable bonds is 3. The van der Waals surface area contributed by atoms with Crippen molar-refractivity contribution in [2.75, 3.05) is 13.1 Å². The van der Waals surface area contributed by atoms with Gasteiger partial charge < -0.3 is 5.32 Å². The molecular formula is C14H28N2. The Kier molecular flexibility index (Phi) is 3.33. The lowest BCUT2D eigenvalue weighted by Crippen LogP contribution is -2.54. The van der Waals surface area contributed by atoms with Gasteiger partial charge in [0.2, 0.25) is 0 Å². The van der Waals surface area contributed by atoms with Crippen LogP contribution in [0.5, 0.6) is 0 Å². The summed E-state index contributed by atoms with van der Waals surface area (Å²) >= 11 is 0. The van der Waals surface area contributed by atoms with E-state index in [0.29, 0.717) is 5.41 Å². The number of piperidine rings is 1. The van der Waals surface area contributed by atoms with Crippen LogP contribution in [0, 0.1) is 11.3 Å². The van der Waals surface area contributed by atoms with Crippen molar-refractivity contribution in [1.82, 2.24) is 10.2 Å². The molecule has 0 aromatic heterocycles. The molecule has 2 nitrogen and oxygen atoms in total. The van der Waals surface area contributed by atoms with Gasteiger partial charge in [-0.2, -0.15) is 0 Å². The maximum Gasteiger partial charge on any atom is 0.0156 e. The zero-order valence-corrected chi connectivity index (χ0v) is 11.6. The molecule has 4 atom stereocenters. The van der Waals surface area contributed by atoms with Gasteiger partial charge in [0.25, 0.3) is 0 Å². The Morgan fingerprint density at radius 2 is 1.94 bits per heavy atom. The Balaban J connectivity index is 1.95. The van der Waals surface area contributed by atoms with Gasteiger partial charge in [0, 0.05) is 24.7 Å². The molecule has 1 N–H and O–H groups in total. The predicted molar refractivity (Wildman–Crippen MR) is 69.6 cm³/mol. The van der Waals surface area contributed by atoms with Crippen molar-refractivity contribution in [2.45, 2.75) is 65.6 Å². The normalized spacial score (nSPS) is 43.3. The summed E-state index contributed by atoms with van der Waals surface area (Å²) in [5.41, 5.74) is 0.582. The van der Waals surface area contributed by atoms with Gasteiger partial charge in [-0.05, 0) is 37.6 Å². The van der Waals surface area contributed by atoms with Gasteiger partial charge in [-0.15, -0.1) is 0 Å². The number of nitrogens with zero attached hydrogens (tertiary/aromatic N) is 1. The van der Waals surface area contributed by atoms with Gasteiger partial charge in [0.05, 0.1) is 0 Å². The quantitative estimate of drug-likeness (QED) is 0.792. The SMILES string of the molecule is CCNC1CCN(C2CC2(C)C)C(C)C1C. The van der Waals surface area contributed by atoms with Crippen LogP contribution in [0.3, 0.4) is 0 Å². The Morgan fingerprint density at radius 1 is 1.31 bits per heavy atom. The summed E-state index contributed by atoms with van der Waals surface area (Å²) in [4.78, 5) is 2.76. The van der Waals surface area contributed by atoms with Crippen molar-refractivity contribution < 1.29 is 0 Å². The van der Waals surface area contributed by atoms with Crippen LogP contribution in [0.15, 0.2) is 0 Å². The zero-order chi connectivity index (χ0) is 11.9. The molecule has 1 aliphatic carbocycles. The molecule has 0 radical (unpaired) electrons. The fourth-order valence-electron chi connectivity index (χ4n) is 3.39. The molecule has 2 aliphatic rings. The third-order valence-electron chi connectivity index (χ3n) is 4.95. The van der Waals surface area contributed by atoms with E-state index in [9.17, 15) is 0 Å². The Hall–Kier alpha value is -0.0800. The molecule has 0 aromatic carbocycles. The lowest BCUT2D eigenvalue weighted by Gasteiger charge is -2.44. The van der Waals surface area contributed by atoms with Gasteiger partial charge in [0.15, 0.2) is 0 Å². The van der Waals surface area contributed by atoms with Gasteiger partial charge >= 0.3 is 0 Å². The molecule has 2 fully saturated rings. The van der Waals surface area contributed by atoms with E-state index in [0.717, 1.165) is 30.6 Å². The molecular weight excluding hydrogens is 196 g/mol. The lowest BCUT2D eigenvalue weighted by atomic mass is 9.86. The highest BCUT2D eigenvalue weighted by Crippen LogP contribution is 2.50. The molecule has 1 heterocycles. The van der Waals surface area contributed by atoms with Crippen LogP contribution in [0.4, 0.5) is 0 Å². The van der Waals surface area contributed by atoms with E-state index >= 15 is 0 Å². The first-order valence-electron chi connectivity index (χ1n) is 6.96. The first-order valence-corrected chi connectivity index (χ1v) is 6.96. The molecule has 2 rings (SSSR count). The monoisotopic (exact) mass is 224 g/mol. The summed E-state index contributed by atoms with van der Waals surface area (Å²) in [6.07, 6.45) is 2.72. The maximum absolute atomic E-state index is 3.64. The average Bonchev–Trinajstić information content (AvgIpc) is 2.83. The predicted octanol–water partition coefficient (Wildman–Crippen LogP) is 2.49. The summed E-state index contributed by atoms with van der Waals surface area (Å²) in [5, 5.41) is 3.64. The highest BCUT2D eigenvalue weighted by Gasteiger charge is 2.52. The Bertz CT molecular complexity index is 249. The van der Waals surface area contributed by atoms with Gasteiger partial charge in [0.1, 0.15) is 0 Å². The van der Waals surface area contributed by atoms with Crippen molar-refractivity contribution in [3.05, 3.63) is 0 Å². The highest BCUT2D eigenvalue weighted by molar-refractivity contribution is 5.06. The van der Waals surface area contributed by atoms with E-state index in [4.69, 9.17) is 0 Å². The first-order chi connectivity index (χ1) is 7.47. The molecule has 2 heteroatoms. The Labute approximate surface area is 101 Å². The summed E-state index contributed by atoms with van der Waals surface area (Å²) < 4.78 is 0. The number of likely N-dealkylation sites (tertiary alicyclic amines) is 1. The highest BCUT2D eigenvalue weighted by atomic mass is 15.2. The fourth-order valence-corrected chi connectivity index (χ4v) is 3.39. The molecule has 0 bridgehead atoms. The standard InChI is InChI=1S/C14H28N2/c1-6-15-12-7-8-16(11(3)10(12)2)13-9-14(13,4)5/h10-13,15H,6-9H2,1-5H3. The smallest absolute Gasteiger partial charge is 0.0156 e. The molecule has 0 amide bonds. The van der Waals surface area contributed by atoms with E-state index in [1.807, 2.05) is 0 Å². The van der Waals surface area contributed by atoms with Gasteiger partial charge in [-0.1, -0.05) is 27.7 Å².